The maximum Gasteiger partial charge on any atom is 0.350 e. The third-order valence-corrected chi connectivity index (χ3v) is 10.3. The van der Waals surface area contributed by atoms with E-state index in [1.807, 2.05) is 59.6 Å². The molecule has 6 rings (SSSR count). The number of thiazole rings is 1. The zero-order chi connectivity index (χ0) is 37.3. The standard InChI is InChI=1S/C33H33N9O8S2/c1-33(2,31(47)48)50-38-23(21-16-52-32(35)36-21)27(43)37-24-28(44)42-25(30(45)46)20(15-51-29(24)42)14-40-10-9-22-19(13-40)8-11-41(22)12-17-4-6-18(7-5-17)26(34)39-49-3/h4-11,13,16,24,29H,12,14-15H2,1-3H3,(H6-,34,35,36,37,39,43,45,46,47,48)/t24-,29-/m1/s1. The highest BCUT2D eigenvalue weighted by Crippen LogP contribution is 2.40. The summed E-state index contributed by atoms with van der Waals surface area (Å²) in [6.07, 6.45) is 5.69. The first-order valence-corrected chi connectivity index (χ1v) is 17.5. The summed E-state index contributed by atoms with van der Waals surface area (Å²) in [4.78, 5) is 65.7. The molecule has 0 bridgehead atoms. The quantitative estimate of drug-likeness (QED) is 0.0463. The number of hydrogen-bond donors (Lipinski definition) is 4. The predicted octanol–water partition coefficient (Wildman–Crippen LogP) is -0.0295. The van der Waals surface area contributed by atoms with Crippen LogP contribution in [0.1, 0.15) is 30.7 Å². The number of amides is 2. The molecule has 2 aliphatic rings. The lowest BCUT2D eigenvalue weighted by atomic mass is 10.0. The number of nitrogen functional groups attached to an aromatic ring is 1. The summed E-state index contributed by atoms with van der Waals surface area (Å²) in [7, 11) is 1.43. The zero-order valence-corrected chi connectivity index (χ0v) is 29.6. The Morgan fingerprint density at radius 2 is 1.94 bits per heavy atom. The molecule has 2 atom stereocenters. The number of hydrogen-bond acceptors (Lipinski definition) is 13. The second kappa shape index (κ2) is 14.3. The molecule has 2 aliphatic heterocycles. The van der Waals surface area contributed by atoms with Gasteiger partial charge in [-0.15, -0.1) is 23.1 Å². The van der Waals surface area contributed by atoms with E-state index in [9.17, 15) is 29.4 Å². The topological polar surface area (TPSA) is 244 Å². The van der Waals surface area contributed by atoms with Gasteiger partial charge < -0.3 is 46.0 Å². The van der Waals surface area contributed by atoms with Crippen LogP contribution in [0.4, 0.5) is 5.13 Å². The fourth-order valence-corrected chi connectivity index (χ4v) is 7.46. The number of amidine groups is 1. The number of oxime groups is 2. The lowest BCUT2D eigenvalue weighted by molar-refractivity contribution is -0.687. The van der Waals surface area contributed by atoms with E-state index < -0.39 is 46.5 Å². The van der Waals surface area contributed by atoms with E-state index in [2.05, 4.69) is 25.2 Å². The highest BCUT2D eigenvalue weighted by molar-refractivity contribution is 8.00. The molecule has 2 amide bonds. The minimum Gasteiger partial charge on any atom is -0.543 e. The number of benzene rings is 1. The van der Waals surface area contributed by atoms with Gasteiger partial charge in [-0.2, -0.15) is 0 Å². The van der Waals surface area contributed by atoms with Crippen LogP contribution >= 0.6 is 23.1 Å². The van der Waals surface area contributed by atoms with E-state index in [0.717, 1.165) is 38.3 Å². The minimum absolute atomic E-state index is 0.0106. The minimum atomic E-state index is -1.78. The predicted molar refractivity (Wildman–Crippen MR) is 188 cm³/mol. The van der Waals surface area contributed by atoms with E-state index in [0.29, 0.717) is 12.1 Å². The number of thioether (sulfide) groups is 1. The van der Waals surface area contributed by atoms with Crippen molar-refractivity contribution in [1.82, 2.24) is 19.8 Å². The van der Waals surface area contributed by atoms with Gasteiger partial charge in [-0.05, 0) is 25.5 Å². The van der Waals surface area contributed by atoms with E-state index in [1.165, 1.54) is 38.1 Å². The molecule has 17 nitrogen and oxygen atoms in total. The molecule has 0 spiro atoms. The molecule has 0 radical (unpaired) electrons. The highest BCUT2D eigenvalue weighted by Gasteiger charge is 2.53. The number of β-lactam (4-membered cyclic amide) rings is 1. The summed E-state index contributed by atoms with van der Waals surface area (Å²) in [5.74, 6) is -3.87. The summed E-state index contributed by atoms with van der Waals surface area (Å²) in [6.45, 7) is 3.26. The Balaban J connectivity index is 1.17. The van der Waals surface area contributed by atoms with Crippen molar-refractivity contribution >= 4 is 74.4 Å². The normalized spacial score (nSPS) is 17.8. The number of nitrogens with zero attached hydrogens (tertiary/aromatic N) is 6. The van der Waals surface area contributed by atoms with Gasteiger partial charge in [-0.1, -0.05) is 34.6 Å². The van der Waals surface area contributed by atoms with Crippen LogP contribution in [0, 0.1) is 0 Å². The Kier molecular flexibility index (Phi) is 9.90. The number of aromatic nitrogens is 3. The molecule has 1 fully saturated rings. The van der Waals surface area contributed by atoms with Gasteiger partial charge in [0, 0.05) is 41.1 Å². The molecule has 52 heavy (non-hydrogen) atoms. The number of carbonyl (C=O) groups excluding carboxylic acids is 3. The van der Waals surface area contributed by atoms with Crippen molar-refractivity contribution in [3.8, 4) is 0 Å². The summed E-state index contributed by atoms with van der Waals surface area (Å²) < 4.78 is 3.92. The maximum atomic E-state index is 13.4. The van der Waals surface area contributed by atoms with Crippen LogP contribution in [0.3, 0.4) is 0 Å². The largest absolute Gasteiger partial charge is 0.543 e. The lowest BCUT2D eigenvalue weighted by Crippen LogP contribution is -2.71. The number of nitrogens with one attached hydrogen (secondary N) is 1. The highest BCUT2D eigenvalue weighted by atomic mass is 32.2. The number of carbonyl (C=O) groups is 4. The molecule has 1 saturated heterocycles. The molecule has 19 heteroatoms. The number of fused-ring (bicyclic) bond motifs is 2. The zero-order valence-electron chi connectivity index (χ0n) is 28.0. The van der Waals surface area contributed by atoms with Crippen molar-refractivity contribution in [2.75, 3.05) is 18.6 Å². The average Bonchev–Trinajstić information content (AvgIpc) is 3.72. The molecule has 3 aromatic heterocycles. The third-order valence-electron chi connectivity index (χ3n) is 8.32. The number of carboxylic acids is 2. The average molecular weight is 748 g/mol. The Labute approximate surface area is 304 Å². The molecule has 6 N–H and O–H groups in total. The first-order valence-electron chi connectivity index (χ1n) is 15.6. The molecule has 0 saturated carbocycles. The van der Waals surface area contributed by atoms with Crippen molar-refractivity contribution in [1.29, 1.82) is 0 Å². The van der Waals surface area contributed by atoms with Crippen LogP contribution in [0.5, 0.6) is 0 Å². The number of nitrogens with two attached hydrogens (primary N) is 2. The van der Waals surface area contributed by atoms with E-state index in [-0.39, 0.29) is 34.7 Å². The van der Waals surface area contributed by atoms with E-state index >= 15 is 0 Å². The lowest BCUT2D eigenvalue weighted by Gasteiger charge is -2.50. The first kappa shape index (κ1) is 35.9. The molecule has 4 aromatic rings. The summed E-state index contributed by atoms with van der Waals surface area (Å²) in [5, 5.41) is 33.6. The third kappa shape index (κ3) is 7.12. The van der Waals surface area contributed by atoms with Crippen LogP contribution in [0.15, 0.2) is 82.0 Å². The van der Waals surface area contributed by atoms with E-state index in [1.54, 1.807) is 0 Å². The summed E-state index contributed by atoms with van der Waals surface area (Å²) in [6, 6.07) is 10.4. The van der Waals surface area contributed by atoms with Gasteiger partial charge in [-0.3, -0.25) is 14.5 Å². The van der Waals surface area contributed by atoms with Crippen LogP contribution in [0.2, 0.25) is 0 Å². The maximum absolute atomic E-state index is 13.4. The molecular weight excluding hydrogens is 715 g/mol. The molecular formula is C33H33N9O8S2. The van der Waals surface area contributed by atoms with Crippen molar-refractivity contribution in [3.05, 3.63) is 88.5 Å². The summed E-state index contributed by atoms with van der Waals surface area (Å²) >= 11 is 2.30. The van der Waals surface area contributed by atoms with Gasteiger partial charge in [0.25, 0.3) is 11.8 Å². The Bertz CT molecular complexity index is 2170. The second-order valence-corrected chi connectivity index (χ2v) is 14.3. The van der Waals surface area contributed by atoms with Crippen LogP contribution in [-0.2, 0) is 41.9 Å². The fourth-order valence-electron chi connectivity index (χ4n) is 5.58. The second-order valence-electron chi connectivity index (χ2n) is 12.3. The van der Waals surface area contributed by atoms with Crippen LogP contribution in [0.25, 0.3) is 10.9 Å². The smallest absolute Gasteiger partial charge is 0.350 e. The van der Waals surface area contributed by atoms with Gasteiger partial charge >= 0.3 is 5.97 Å². The molecule has 0 unspecified atom stereocenters. The summed E-state index contributed by atoms with van der Waals surface area (Å²) in [5.41, 5.74) is 12.4. The van der Waals surface area contributed by atoms with Crippen molar-refractivity contribution in [2.24, 2.45) is 16.0 Å². The number of pyridine rings is 1. The molecule has 5 heterocycles. The van der Waals surface area contributed by atoms with E-state index in [4.69, 9.17) is 21.1 Å². The van der Waals surface area contributed by atoms with Crippen molar-refractivity contribution < 1.29 is 43.6 Å². The van der Waals surface area contributed by atoms with Gasteiger partial charge in [-0.25, -0.2) is 14.3 Å². The monoisotopic (exact) mass is 747 g/mol. The number of carboxylic acid groups (broad SMARTS) is 2. The molecule has 1 aromatic carbocycles. The van der Waals surface area contributed by atoms with Gasteiger partial charge in [0.2, 0.25) is 5.60 Å². The Hall–Kier alpha value is -5.95. The number of aliphatic carboxylic acids is 2. The van der Waals surface area contributed by atoms with Crippen molar-refractivity contribution in [2.45, 2.75) is 44.0 Å². The first-order chi connectivity index (χ1) is 24.8. The van der Waals surface area contributed by atoms with Gasteiger partial charge in [0.05, 0.1) is 22.6 Å². The Morgan fingerprint density at radius 1 is 1.19 bits per heavy atom. The Morgan fingerprint density at radius 3 is 2.60 bits per heavy atom. The van der Waals surface area contributed by atoms with Crippen molar-refractivity contribution in [3.63, 3.8) is 0 Å². The SMILES string of the molecule is CON=C(N)c1ccc(Cn2ccc3c[n+](CC4=C(C(=O)[O-])N5C(=O)[C@@H](NC(=O)C(=NOC(C)(C)C(=O)O)c6csc(N)n6)[C@H]5SC4)ccc32)cc1. The number of anilines is 1. The van der Waals surface area contributed by atoms with Gasteiger partial charge in [0.15, 0.2) is 35.6 Å². The van der Waals surface area contributed by atoms with Crippen LogP contribution < -0.4 is 26.5 Å². The fraction of sp³-hybridized carbons (Fsp3) is 0.273. The number of rotatable bonds is 13. The van der Waals surface area contributed by atoms with Crippen LogP contribution in [-0.4, -0.2) is 84.7 Å². The van der Waals surface area contributed by atoms with Gasteiger partial charge in [0.1, 0.15) is 24.2 Å². The molecule has 270 valence electrons. The molecule has 0 aliphatic carbocycles.